The summed E-state index contributed by atoms with van der Waals surface area (Å²) >= 11 is 0. The summed E-state index contributed by atoms with van der Waals surface area (Å²) in [7, 11) is 0. The quantitative estimate of drug-likeness (QED) is 0.754. The first-order valence-electron chi connectivity index (χ1n) is 10.4. The molecule has 2 aliphatic heterocycles. The Morgan fingerprint density at radius 1 is 1.07 bits per heavy atom. The molecule has 162 valence electrons. The average Bonchev–Trinajstić information content (AvgIpc) is 2.93. The van der Waals surface area contributed by atoms with Gasteiger partial charge in [0, 0.05) is 63.0 Å². The molecule has 2 fully saturated rings. The van der Waals surface area contributed by atoms with Gasteiger partial charge in [-0.05, 0) is 45.2 Å². The Kier molecular flexibility index (Phi) is 6.93. The van der Waals surface area contributed by atoms with E-state index in [0.29, 0.717) is 37.7 Å². The molecule has 0 bridgehead atoms. The topological polar surface area (TPSA) is 36.0 Å². The number of carbonyl (C=O) groups is 1. The monoisotopic (exact) mass is 413 g/mol. The lowest BCUT2D eigenvalue weighted by atomic mass is 9.94. The van der Waals surface area contributed by atoms with Crippen LogP contribution in [-0.4, -0.2) is 67.4 Å². The number of halogens is 3. The van der Waals surface area contributed by atoms with Crippen molar-refractivity contribution in [2.24, 2.45) is 5.92 Å². The highest BCUT2D eigenvalue weighted by molar-refractivity contribution is 5.79. The zero-order valence-electron chi connectivity index (χ0n) is 17.1. The molecule has 3 rings (SSSR count). The van der Waals surface area contributed by atoms with Crippen LogP contribution in [0.3, 0.4) is 0 Å². The molecular formula is C21H30F3N3O2. The van der Waals surface area contributed by atoms with Gasteiger partial charge in [0.2, 0.25) is 5.91 Å². The predicted octanol–water partition coefficient (Wildman–Crippen LogP) is 3.74. The molecule has 0 aliphatic carbocycles. The third-order valence-electron chi connectivity index (χ3n) is 5.83. The third-order valence-corrected chi connectivity index (χ3v) is 5.83. The number of alkyl halides is 3. The van der Waals surface area contributed by atoms with Crippen LogP contribution < -0.4 is 9.64 Å². The van der Waals surface area contributed by atoms with Gasteiger partial charge in [-0.25, -0.2) is 0 Å². The fourth-order valence-electron chi connectivity index (χ4n) is 4.19. The van der Waals surface area contributed by atoms with Crippen LogP contribution in [0.1, 0.15) is 33.1 Å². The maximum absolute atomic E-state index is 13.0. The van der Waals surface area contributed by atoms with Gasteiger partial charge < -0.3 is 14.5 Å². The molecule has 0 saturated carbocycles. The number of piperidine rings is 1. The molecule has 8 heteroatoms. The molecule has 0 N–H and O–H groups in total. The third kappa shape index (κ3) is 6.01. The normalized spacial score (nSPS) is 20.1. The van der Waals surface area contributed by atoms with E-state index in [1.54, 1.807) is 12.1 Å². The molecule has 0 atom stereocenters. The number of ether oxygens (including phenoxy) is 1. The van der Waals surface area contributed by atoms with Crippen LogP contribution in [0.5, 0.6) is 5.75 Å². The van der Waals surface area contributed by atoms with Crippen molar-refractivity contribution in [1.29, 1.82) is 0 Å². The molecule has 29 heavy (non-hydrogen) atoms. The zero-order valence-corrected chi connectivity index (χ0v) is 17.1. The van der Waals surface area contributed by atoms with Gasteiger partial charge in [0.05, 0.1) is 0 Å². The summed E-state index contributed by atoms with van der Waals surface area (Å²) in [5, 5.41) is 0. The summed E-state index contributed by atoms with van der Waals surface area (Å²) in [6.07, 6.45) is -2.27. The lowest BCUT2D eigenvalue weighted by molar-refractivity contribution is -0.274. The molecule has 0 spiro atoms. The first kappa shape index (κ1) is 21.7. The first-order valence-corrected chi connectivity index (χ1v) is 10.4. The van der Waals surface area contributed by atoms with E-state index in [1.165, 1.54) is 12.1 Å². The van der Waals surface area contributed by atoms with Crippen LogP contribution in [0, 0.1) is 5.92 Å². The number of hydrogen-bond acceptors (Lipinski definition) is 4. The molecular weight excluding hydrogens is 383 g/mol. The lowest BCUT2D eigenvalue weighted by Crippen LogP contribution is -2.44. The Hall–Kier alpha value is -1.96. The molecule has 1 aromatic rings. The van der Waals surface area contributed by atoms with E-state index in [9.17, 15) is 18.0 Å². The van der Waals surface area contributed by atoms with Crippen LogP contribution in [-0.2, 0) is 4.79 Å². The minimum Gasteiger partial charge on any atom is -0.406 e. The van der Waals surface area contributed by atoms with Gasteiger partial charge in [-0.2, -0.15) is 0 Å². The van der Waals surface area contributed by atoms with E-state index >= 15 is 0 Å². The second-order valence-electron chi connectivity index (χ2n) is 8.12. The number of carbonyl (C=O) groups excluding carboxylic acids is 1. The van der Waals surface area contributed by atoms with Crippen molar-refractivity contribution < 1.29 is 22.7 Å². The van der Waals surface area contributed by atoms with Crippen molar-refractivity contribution in [2.75, 3.05) is 44.2 Å². The number of hydrogen-bond donors (Lipinski definition) is 0. The van der Waals surface area contributed by atoms with Crippen molar-refractivity contribution in [2.45, 2.75) is 45.5 Å². The van der Waals surface area contributed by atoms with Crippen LogP contribution in [0.2, 0.25) is 0 Å². The highest BCUT2D eigenvalue weighted by Crippen LogP contribution is 2.30. The van der Waals surface area contributed by atoms with Gasteiger partial charge in [-0.15, -0.1) is 13.2 Å². The largest absolute Gasteiger partial charge is 0.573 e. The summed E-state index contributed by atoms with van der Waals surface area (Å²) < 4.78 is 41.4. The number of benzene rings is 1. The van der Waals surface area contributed by atoms with Gasteiger partial charge in [0.1, 0.15) is 5.75 Å². The molecule has 1 aromatic carbocycles. The van der Waals surface area contributed by atoms with E-state index in [1.807, 2.05) is 9.80 Å². The Morgan fingerprint density at radius 2 is 1.79 bits per heavy atom. The molecule has 1 amide bonds. The van der Waals surface area contributed by atoms with Gasteiger partial charge in [0.15, 0.2) is 0 Å². The Bertz CT molecular complexity index is 688. The number of nitrogens with zero attached hydrogens (tertiary/aromatic N) is 3. The van der Waals surface area contributed by atoms with Crippen molar-refractivity contribution in [3.05, 3.63) is 24.3 Å². The Balaban J connectivity index is 1.54. The van der Waals surface area contributed by atoms with Crippen molar-refractivity contribution >= 4 is 11.6 Å². The van der Waals surface area contributed by atoms with Gasteiger partial charge in [0.25, 0.3) is 0 Å². The molecule has 2 aliphatic rings. The fourth-order valence-corrected chi connectivity index (χ4v) is 4.19. The highest BCUT2D eigenvalue weighted by Gasteiger charge is 2.32. The van der Waals surface area contributed by atoms with E-state index < -0.39 is 6.36 Å². The zero-order chi connectivity index (χ0) is 21.0. The molecule has 0 unspecified atom stereocenters. The van der Waals surface area contributed by atoms with E-state index in [-0.39, 0.29) is 17.6 Å². The minimum atomic E-state index is -4.70. The van der Waals surface area contributed by atoms with Gasteiger partial charge in [-0.1, -0.05) is 6.07 Å². The van der Waals surface area contributed by atoms with E-state index in [2.05, 4.69) is 23.5 Å². The van der Waals surface area contributed by atoms with Crippen LogP contribution in [0.15, 0.2) is 24.3 Å². The average molecular weight is 413 g/mol. The number of rotatable bonds is 4. The lowest BCUT2D eigenvalue weighted by Gasteiger charge is -2.35. The molecule has 2 heterocycles. The molecule has 2 saturated heterocycles. The highest BCUT2D eigenvalue weighted by atomic mass is 19.4. The smallest absolute Gasteiger partial charge is 0.406 e. The Morgan fingerprint density at radius 3 is 2.45 bits per heavy atom. The minimum absolute atomic E-state index is 0.00791. The molecule has 0 radical (unpaired) electrons. The van der Waals surface area contributed by atoms with Crippen LogP contribution >= 0.6 is 0 Å². The van der Waals surface area contributed by atoms with Gasteiger partial charge >= 0.3 is 6.36 Å². The summed E-state index contributed by atoms with van der Waals surface area (Å²) in [6, 6.07) is 6.54. The second kappa shape index (κ2) is 9.24. The van der Waals surface area contributed by atoms with Crippen molar-refractivity contribution in [3.63, 3.8) is 0 Å². The van der Waals surface area contributed by atoms with E-state index in [4.69, 9.17) is 0 Å². The summed E-state index contributed by atoms with van der Waals surface area (Å²) in [6.45, 7) is 9.18. The maximum atomic E-state index is 13.0. The number of amides is 1. The molecule has 0 aromatic heterocycles. The fraction of sp³-hybridized carbons (Fsp3) is 0.667. The van der Waals surface area contributed by atoms with Gasteiger partial charge in [-0.3, -0.25) is 9.69 Å². The molecule has 5 nitrogen and oxygen atoms in total. The van der Waals surface area contributed by atoms with Crippen LogP contribution in [0.4, 0.5) is 18.9 Å². The first-order chi connectivity index (χ1) is 13.7. The SMILES string of the molecule is CC(C)N1CCCN(C(=O)C2CCN(c3cccc(OC(F)(F)F)c3)CC2)CC1. The predicted molar refractivity (Wildman–Crippen MR) is 106 cm³/mol. The summed E-state index contributed by atoms with van der Waals surface area (Å²) in [4.78, 5) is 19.4. The summed E-state index contributed by atoms with van der Waals surface area (Å²) in [5.41, 5.74) is 0.694. The van der Waals surface area contributed by atoms with Crippen molar-refractivity contribution in [3.8, 4) is 5.75 Å². The van der Waals surface area contributed by atoms with Crippen LogP contribution in [0.25, 0.3) is 0 Å². The summed E-state index contributed by atoms with van der Waals surface area (Å²) in [5.74, 6) is 0.00310. The standard InChI is InChI=1S/C21H30F3N3O2/c1-16(2)25-9-4-10-27(14-13-25)20(28)17-7-11-26(12-8-17)18-5-3-6-19(15-18)29-21(22,23)24/h3,5-6,15-17H,4,7-14H2,1-2H3. The van der Waals surface area contributed by atoms with E-state index in [0.717, 1.165) is 32.6 Å². The Labute approximate surface area is 170 Å². The second-order valence-corrected chi connectivity index (χ2v) is 8.12. The number of anilines is 1. The maximum Gasteiger partial charge on any atom is 0.573 e. The van der Waals surface area contributed by atoms with Crippen molar-refractivity contribution in [1.82, 2.24) is 9.80 Å².